The summed E-state index contributed by atoms with van der Waals surface area (Å²) < 4.78 is 10.6. The van der Waals surface area contributed by atoms with Gasteiger partial charge in [0, 0.05) is 17.1 Å². The number of nitrogens with zero attached hydrogens (tertiary/aromatic N) is 2. The summed E-state index contributed by atoms with van der Waals surface area (Å²) in [7, 11) is 2.99. The number of amides is 3. The summed E-state index contributed by atoms with van der Waals surface area (Å²) >= 11 is 5.96. The van der Waals surface area contributed by atoms with Gasteiger partial charge in [-0.25, -0.2) is 4.90 Å². The number of imide groups is 1. The van der Waals surface area contributed by atoms with E-state index in [1.807, 2.05) is 30.3 Å². The Kier molecular flexibility index (Phi) is 6.84. The Bertz CT molecular complexity index is 1210. The molecular formula is C26H23ClN2O5. The molecule has 34 heavy (non-hydrogen) atoms. The summed E-state index contributed by atoms with van der Waals surface area (Å²) in [6.45, 7) is 0.159. The first kappa shape index (κ1) is 23.3. The minimum atomic E-state index is -0.955. The molecule has 0 spiro atoms. The standard InChI is InChI=1S/C26H23ClN2O5/c1-33-22-13-8-18(14-23(22)34-2)25(31)28(16-17-6-4-3-5-7-17)21-15-24(30)29(26(21)32)20-11-9-19(27)10-12-20/h3-14,21H,15-16H2,1-2H3. The van der Waals surface area contributed by atoms with Gasteiger partial charge in [-0.05, 0) is 48.0 Å². The smallest absolute Gasteiger partial charge is 0.257 e. The van der Waals surface area contributed by atoms with E-state index < -0.39 is 17.9 Å². The molecule has 1 saturated heterocycles. The molecule has 0 saturated carbocycles. The van der Waals surface area contributed by atoms with Crippen LogP contribution in [-0.2, 0) is 16.1 Å². The van der Waals surface area contributed by atoms with Crippen LogP contribution in [0.2, 0.25) is 5.02 Å². The molecule has 0 radical (unpaired) electrons. The predicted molar refractivity (Wildman–Crippen MR) is 128 cm³/mol. The number of benzene rings is 3. The number of carbonyl (C=O) groups is 3. The Balaban J connectivity index is 1.70. The van der Waals surface area contributed by atoms with Crippen LogP contribution in [0.1, 0.15) is 22.3 Å². The first-order valence-electron chi connectivity index (χ1n) is 10.6. The second-order valence-corrected chi connectivity index (χ2v) is 8.19. The van der Waals surface area contributed by atoms with Crippen LogP contribution in [0.15, 0.2) is 72.8 Å². The molecule has 1 heterocycles. The van der Waals surface area contributed by atoms with Crippen molar-refractivity contribution in [3.05, 3.63) is 88.9 Å². The van der Waals surface area contributed by atoms with Crippen LogP contribution >= 0.6 is 11.6 Å². The minimum Gasteiger partial charge on any atom is -0.493 e. The molecule has 3 amide bonds. The van der Waals surface area contributed by atoms with Gasteiger partial charge >= 0.3 is 0 Å². The SMILES string of the molecule is COc1ccc(C(=O)N(Cc2ccccc2)C2CC(=O)N(c3ccc(Cl)cc3)C2=O)cc1OC. The lowest BCUT2D eigenvalue weighted by Crippen LogP contribution is -2.45. The number of anilines is 1. The Labute approximate surface area is 202 Å². The van der Waals surface area contributed by atoms with Crippen LogP contribution in [0.25, 0.3) is 0 Å². The molecule has 0 bridgehead atoms. The molecular weight excluding hydrogens is 456 g/mol. The quantitative estimate of drug-likeness (QED) is 0.472. The van der Waals surface area contributed by atoms with E-state index in [1.54, 1.807) is 42.5 Å². The third-order valence-electron chi connectivity index (χ3n) is 5.67. The van der Waals surface area contributed by atoms with Crippen LogP contribution in [0.3, 0.4) is 0 Å². The van der Waals surface area contributed by atoms with E-state index in [9.17, 15) is 14.4 Å². The lowest BCUT2D eigenvalue weighted by Gasteiger charge is -2.28. The van der Waals surface area contributed by atoms with Crippen LogP contribution in [-0.4, -0.2) is 42.9 Å². The maximum atomic E-state index is 13.7. The van der Waals surface area contributed by atoms with Crippen molar-refractivity contribution in [3.8, 4) is 11.5 Å². The maximum absolute atomic E-state index is 13.7. The van der Waals surface area contributed by atoms with Gasteiger partial charge in [-0.3, -0.25) is 14.4 Å². The average Bonchev–Trinajstić information content (AvgIpc) is 3.16. The fourth-order valence-corrected chi connectivity index (χ4v) is 4.09. The highest BCUT2D eigenvalue weighted by molar-refractivity contribution is 6.31. The molecule has 1 aliphatic rings. The number of halogens is 1. The number of hydrogen-bond acceptors (Lipinski definition) is 5. The van der Waals surface area contributed by atoms with Crippen molar-refractivity contribution in [2.24, 2.45) is 0 Å². The molecule has 174 valence electrons. The maximum Gasteiger partial charge on any atom is 0.257 e. The normalized spacial score (nSPS) is 15.4. The zero-order valence-corrected chi connectivity index (χ0v) is 19.5. The molecule has 1 fully saturated rings. The summed E-state index contributed by atoms with van der Waals surface area (Å²) in [5.74, 6) is -0.360. The van der Waals surface area contributed by atoms with Gasteiger partial charge in [0.2, 0.25) is 5.91 Å². The molecule has 7 nitrogen and oxygen atoms in total. The first-order valence-corrected chi connectivity index (χ1v) is 11.0. The number of methoxy groups -OCH3 is 2. The van der Waals surface area contributed by atoms with Crippen molar-refractivity contribution in [3.63, 3.8) is 0 Å². The van der Waals surface area contributed by atoms with E-state index in [0.29, 0.717) is 27.8 Å². The lowest BCUT2D eigenvalue weighted by molar-refractivity contribution is -0.122. The van der Waals surface area contributed by atoms with Gasteiger partial charge < -0.3 is 14.4 Å². The van der Waals surface area contributed by atoms with Crippen LogP contribution in [0.5, 0.6) is 11.5 Å². The largest absolute Gasteiger partial charge is 0.493 e. The second kappa shape index (κ2) is 9.97. The van der Waals surface area contributed by atoms with Gasteiger partial charge in [-0.1, -0.05) is 41.9 Å². The Hall–Kier alpha value is -3.84. The summed E-state index contributed by atoms with van der Waals surface area (Å²) in [4.78, 5) is 42.5. The summed E-state index contributed by atoms with van der Waals surface area (Å²) in [6.07, 6.45) is -0.118. The van der Waals surface area contributed by atoms with Gasteiger partial charge in [-0.15, -0.1) is 0 Å². The number of ether oxygens (including phenoxy) is 2. The molecule has 3 aromatic carbocycles. The molecule has 1 atom stereocenters. The van der Waals surface area contributed by atoms with E-state index in [1.165, 1.54) is 19.1 Å². The van der Waals surface area contributed by atoms with E-state index in [4.69, 9.17) is 21.1 Å². The molecule has 4 rings (SSSR count). The number of rotatable bonds is 7. The second-order valence-electron chi connectivity index (χ2n) is 7.75. The highest BCUT2D eigenvalue weighted by Gasteiger charge is 2.44. The third-order valence-corrected chi connectivity index (χ3v) is 5.92. The van der Waals surface area contributed by atoms with Crippen molar-refractivity contribution in [1.29, 1.82) is 0 Å². The number of carbonyl (C=O) groups excluding carboxylic acids is 3. The Morgan fingerprint density at radius 2 is 1.65 bits per heavy atom. The van der Waals surface area contributed by atoms with Crippen LogP contribution in [0.4, 0.5) is 5.69 Å². The molecule has 0 aliphatic carbocycles. The fourth-order valence-electron chi connectivity index (χ4n) is 3.96. The van der Waals surface area contributed by atoms with Crippen molar-refractivity contribution in [2.45, 2.75) is 19.0 Å². The van der Waals surface area contributed by atoms with Gasteiger partial charge in [0.25, 0.3) is 11.8 Å². The lowest BCUT2D eigenvalue weighted by atomic mass is 10.1. The zero-order chi connectivity index (χ0) is 24.2. The van der Waals surface area contributed by atoms with Gasteiger partial charge in [0.05, 0.1) is 26.3 Å². The van der Waals surface area contributed by atoms with Crippen molar-refractivity contribution in [2.75, 3.05) is 19.1 Å². The third kappa shape index (κ3) is 4.61. The summed E-state index contributed by atoms with van der Waals surface area (Å²) in [6, 6.07) is 19.6. The number of hydrogen-bond donors (Lipinski definition) is 0. The van der Waals surface area contributed by atoms with Gasteiger partial charge in [0.1, 0.15) is 6.04 Å². The molecule has 0 aromatic heterocycles. The Morgan fingerprint density at radius 1 is 0.971 bits per heavy atom. The van der Waals surface area contributed by atoms with Crippen molar-refractivity contribution >= 4 is 35.0 Å². The molecule has 1 aliphatic heterocycles. The monoisotopic (exact) mass is 478 g/mol. The topological polar surface area (TPSA) is 76.2 Å². The minimum absolute atomic E-state index is 0.118. The molecule has 8 heteroatoms. The average molecular weight is 479 g/mol. The highest BCUT2D eigenvalue weighted by Crippen LogP contribution is 2.31. The van der Waals surface area contributed by atoms with Crippen molar-refractivity contribution < 1.29 is 23.9 Å². The van der Waals surface area contributed by atoms with Crippen molar-refractivity contribution in [1.82, 2.24) is 4.90 Å². The van der Waals surface area contributed by atoms with E-state index >= 15 is 0 Å². The van der Waals surface area contributed by atoms with E-state index in [0.717, 1.165) is 10.5 Å². The predicted octanol–water partition coefficient (Wildman–Crippen LogP) is 4.33. The van der Waals surface area contributed by atoms with E-state index in [-0.39, 0.29) is 18.9 Å². The van der Waals surface area contributed by atoms with Crippen LogP contribution in [0, 0.1) is 0 Å². The highest BCUT2D eigenvalue weighted by atomic mass is 35.5. The molecule has 1 unspecified atom stereocenters. The van der Waals surface area contributed by atoms with Gasteiger partial charge in [0.15, 0.2) is 11.5 Å². The summed E-state index contributed by atoms with van der Waals surface area (Å²) in [5.41, 5.74) is 1.57. The Morgan fingerprint density at radius 3 is 2.29 bits per heavy atom. The summed E-state index contributed by atoms with van der Waals surface area (Å²) in [5, 5.41) is 0.494. The van der Waals surface area contributed by atoms with Gasteiger partial charge in [-0.2, -0.15) is 0 Å². The zero-order valence-electron chi connectivity index (χ0n) is 18.7. The van der Waals surface area contributed by atoms with Crippen LogP contribution < -0.4 is 14.4 Å². The first-order chi connectivity index (χ1) is 16.4. The van der Waals surface area contributed by atoms with E-state index in [2.05, 4.69) is 0 Å². The molecule has 3 aromatic rings. The molecule has 0 N–H and O–H groups in total. The fraction of sp³-hybridized carbons (Fsp3) is 0.192.